The summed E-state index contributed by atoms with van der Waals surface area (Å²) in [6, 6.07) is 6.08. The fourth-order valence-electron chi connectivity index (χ4n) is 2.96. The van der Waals surface area contributed by atoms with Crippen molar-refractivity contribution in [3.8, 4) is 16.6 Å². The Morgan fingerprint density at radius 3 is 2.75 bits per heavy atom. The van der Waals surface area contributed by atoms with Gasteiger partial charge in [-0.25, -0.2) is 9.78 Å². The highest BCUT2D eigenvalue weighted by atomic mass is 32.1. The van der Waals surface area contributed by atoms with E-state index < -0.39 is 5.97 Å². The fraction of sp³-hybridized carbons (Fsp3) is 0.278. The molecule has 0 saturated heterocycles. The zero-order valence-electron chi connectivity index (χ0n) is 13.8. The molecule has 0 spiro atoms. The third kappa shape index (κ3) is 2.57. The highest BCUT2D eigenvalue weighted by Crippen LogP contribution is 2.34. The lowest BCUT2D eigenvalue weighted by atomic mass is 10.1. The van der Waals surface area contributed by atoms with Crippen molar-refractivity contribution in [3.63, 3.8) is 0 Å². The van der Waals surface area contributed by atoms with Crippen LogP contribution in [0.4, 0.5) is 0 Å². The van der Waals surface area contributed by atoms with E-state index in [2.05, 4.69) is 28.7 Å². The number of hydrogen-bond donors (Lipinski definition) is 1. The number of thiazole rings is 1. The highest BCUT2D eigenvalue weighted by molar-refractivity contribution is 7.17. The molecule has 6 heteroatoms. The first kappa shape index (κ1) is 16.2. The van der Waals surface area contributed by atoms with Gasteiger partial charge in [0.2, 0.25) is 0 Å². The molecule has 0 fully saturated rings. The van der Waals surface area contributed by atoms with Crippen molar-refractivity contribution in [1.29, 1.82) is 5.26 Å². The summed E-state index contributed by atoms with van der Waals surface area (Å²) in [6.07, 6.45) is 3.05. The van der Waals surface area contributed by atoms with Crippen LogP contribution in [0.15, 0.2) is 18.3 Å². The summed E-state index contributed by atoms with van der Waals surface area (Å²) in [4.78, 5) is 15.9. The van der Waals surface area contributed by atoms with Crippen LogP contribution in [0.3, 0.4) is 0 Å². The summed E-state index contributed by atoms with van der Waals surface area (Å²) in [5.74, 6) is -0.969. The molecule has 3 rings (SSSR count). The number of aryl methyl sites for hydroxylation is 3. The maximum Gasteiger partial charge on any atom is 0.347 e. The van der Waals surface area contributed by atoms with Crippen LogP contribution >= 0.6 is 11.3 Å². The van der Waals surface area contributed by atoms with Gasteiger partial charge in [0, 0.05) is 23.7 Å². The maximum absolute atomic E-state index is 11.2. The molecule has 0 aliphatic carbocycles. The van der Waals surface area contributed by atoms with Crippen molar-refractivity contribution in [3.05, 3.63) is 40.0 Å². The van der Waals surface area contributed by atoms with E-state index in [-0.39, 0.29) is 4.88 Å². The van der Waals surface area contributed by atoms with Gasteiger partial charge in [-0.05, 0) is 38.0 Å². The van der Waals surface area contributed by atoms with Gasteiger partial charge in [-0.1, -0.05) is 6.92 Å². The summed E-state index contributed by atoms with van der Waals surface area (Å²) in [5, 5.41) is 20.4. The second-order valence-electron chi connectivity index (χ2n) is 5.78. The van der Waals surface area contributed by atoms with Crippen LogP contribution in [0.2, 0.25) is 0 Å². The molecule has 0 radical (unpaired) electrons. The molecule has 1 N–H and O–H groups in total. The quantitative estimate of drug-likeness (QED) is 0.766. The first-order valence-electron chi connectivity index (χ1n) is 7.71. The van der Waals surface area contributed by atoms with Gasteiger partial charge in [0.05, 0.1) is 16.8 Å². The van der Waals surface area contributed by atoms with Crippen molar-refractivity contribution in [2.75, 3.05) is 0 Å². The van der Waals surface area contributed by atoms with Crippen molar-refractivity contribution in [2.45, 2.75) is 33.7 Å². The molecule has 122 valence electrons. The number of carboxylic acids is 1. The van der Waals surface area contributed by atoms with Crippen molar-refractivity contribution in [1.82, 2.24) is 9.55 Å². The fourth-order valence-corrected chi connectivity index (χ4v) is 3.85. The van der Waals surface area contributed by atoms with Gasteiger partial charge in [0.1, 0.15) is 16.0 Å². The number of aromatic nitrogens is 2. The summed E-state index contributed by atoms with van der Waals surface area (Å²) in [7, 11) is 0. The molecule has 0 bridgehead atoms. The van der Waals surface area contributed by atoms with E-state index in [0.29, 0.717) is 16.3 Å². The largest absolute Gasteiger partial charge is 0.477 e. The molecule has 5 nitrogen and oxygen atoms in total. The summed E-state index contributed by atoms with van der Waals surface area (Å²) in [6.45, 7) is 6.68. The molecular formula is C18H17N3O2S. The molecule has 0 saturated carbocycles. The third-order valence-electron chi connectivity index (χ3n) is 3.99. The number of rotatable bonds is 4. The zero-order valence-corrected chi connectivity index (χ0v) is 14.6. The molecule has 3 aromatic rings. The van der Waals surface area contributed by atoms with E-state index in [0.717, 1.165) is 46.3 Å². The Kier molecular flexibility index (Phi) is 4.12. The van der Waals surface area contributed by atoms with Gasteiger partial charge in [-0.3, -0.25) is 0 Å². The molecule has 1 aromatic carbocycles. The molecule has 24 heavy (non-hydrogen) atoms. The van der Waals surface area contributed by atoms with Gasteiger partial charge in [-0.15, -0.1) is 11.3 Å². The Bertz CT molecular complexity index is 992. The van der Waals surface area contributed by atoms with Crippen LogP contribution in [-0.4, -0.2) is 20.6 Å². The lowest BCUT2D eigenvalue weighted by Crippen LogP contribution is -1.96. The van der Waals surface area contributed by atoms with Crippen LogP contribution in [0.1, 0.15) is 39.8 Å². The number of hydrogen-bond acceptors (Lipinski definition) is 4. The Morgan fingerprint density at radius 1 is 1.42 bits per heavy atom. The first-order chi connectivity index (χ1) is 11.5. The second-order valence-corrected chi connectivity index (χ2v) is 6.78. The standard InChI is InChI=1S/C18H17N3O2S/c1-4-5-21-9-10(2)14-7-12(6-13(8-19)15(14)21)17-20-11(3)16(24-17)18(22)23/h6-7,9H,4-5H2,1-3H3,(H,22,23). The van der Waals surface area contributed by atoms with Crippen LogP contribution in [0, 0.1) is 25.2 Å². The Morgan fingerprint density at radius 2 is 2.17 bits per heavy atom. The number of carboxylic acid groups (broad SMARTS) is 1. The Balaban J connectivity index is 2.24. The molecule has 2 heterocycles. The number of fused-ring (bicyclic) bond motifs is 1. The van der Waals surface area contributed by atoms with Gasteiger partial charge in [0.25, 0.3) is 0 Å². The maximum atomic E-state index is 11.2. The molecule has 0 aliphatic rings. The minimum absolute atomic E-state index is 0.240. The number of nitrogens with zero attached hydrogens (tertiary/aromatic N) is 3. The van der Waals surface area contributed by atoms with E-state index in [1.807, 2.05) is 13.0 Å². The molecule has 0 amide bonds. The first-order valence-corrected chi connectivity index (χ1v) is 8.52. The lowest BCUT2D eigenvalue weighted by Gasteiger charge is -2.06. The van der Waals surface area contributed by atoms with E-state index in [9.17, 15) is 15.2 Å². The number of aromatic carboxylic acids is 1. The number of carbonyl (C=O) groups is 1. The highest BCUT2D eigenvalue weighted by Gasteiger charge is 2.18. The van der Waals surface area contributed by atoms with Gasteiger partial charge < -0.3 is 9.67 Å². The molecule has 0 atom stereocenters. The van der Waals surface area contributed by atoms with Crippen LogP contribution in [0.5, 0.6) is 0 Å². The summed E-state index contributed by atoms with van der Waals surface area (Å²) < 4.78 is 2.11. The average molecular weight is 339 g/mol. The number of benzene rings is 1. The van der Waals surface area contributed by atoms with Crippen LogP contribution < -0.4 is 0 Å². The minimum atomic E-state index is -0.969. The predicted molar refractivity (Wildman–Crippen MR) is 94.5 cm³/mol. The molecule has 0 unspecified atom stereocenters. The third-order valence-corrected chi connectivity index (χ3v) is 5.19. The van der Waals surface area contributed by atoms with Gasteiger partial charge >= 0.3 is 5.97 Å². The van der Waals surface area contributed by atoms with Crippen LogP contribution in [-0.2, 0) is 6.54 Å². The summed E-state index contributed by atoms with van der Waals surface area (Å²) in [5.41, 5.74) is 3.92. The molecular weight excluding hydrogens is 322 g/mol. The Labute approximate surface area is 143 Å². The van der Waals surface area contributed by atoms with Gasteiger partial charge in [-0.2, -0.15) is 5.26 Å². The normalized spacial score (nSPS) is 10.9. The van der Waals surface area contributed by atoms with E-state index >= 15 is 0 Å². The zero-order chi connectivity index (χ0) is 17.4. The van der Waals surface area contributed by atoms with E-state index in [1.54, 1.807) is 13.0 Å². The monoisotopic (exact) mass is 339 g/mol. The summed E-state index contributed by atoms with van der Waals surface area (Å²) >= 11 is 1.14. The Hall–Kier alpha value is -2.65. The van der Waals surface area contributed by atoms with Crippen molar-refractivity contribution in [2.24, 2.45) is 0 Å². The second kappa shape index (κ2) is 6.10. The molecule has 0 aliphatic heterocycles. The smallest absolute Gasteiger partial charge is 0.347 e. The van der Waals surface area contributed by atoms with Gasteiger partial charge in [0.15, 0.2) is 0 Å². The minimum Gasteiger partial charge on any atom is -0.477 e. The van der Waals surface area contributed by atoms with Crippen molar-refractivity contribution >= 4 is 28.2 Å². The molecule has 2 aromatic heterocycles. The van der Waals surface area contributed by atoms with Crippen molar-refractivity contribution < 1.29 is 9.90 Å². The van der Waals surface area contributed by atoms with E-state index in [4.69, 9.17) is 0 Å². The number of nitriles is 1. The lowest BCUT2D eigenvalue weighted by molar-refractivity contribution is 0.0701. The predicted octanol–water partition coefficient (Wildman–Crippen LogP) is 4.36. The van der Waals surface area contributed by atoms with E-state index in [1.165, 1.54) is 0 Å². The SMILES string of the molecule is CCCn1cc(C)c2cc(-c3nc(C)c(C(=O)O)s3)cc(C#N)c21. The van der Waals surface area contributed by atoms with Crippen LogP contribution in [0.25, 0.3) is 21.5 Å². The average Bonchev–Trinajstić information content (AvgIpc) is 3.08. The topological polar surface area (TPSA) is 78.9 Å².